The second-order valence-electron chi connectivity index (χ2n) is 9.59. The van der Waals surface area contributed by atoms with Gasteiger partial charge in [0.05, 0.1) is 30.9 Å². The third kappa shape index (κ3) is 5.55. The summed E-state index contributed by atoms with van der Waals surface area (Å²) in [5.74, 6) is 1.04. The molecule has 2 N–H and O–H groups in total. The molecule has 0 radical (unpaired) electrons. The number of ether oxygens (including phenoxy) is 2. The van der Waals surface area contributed by atoms with Crippen molar-refractivity contribution in [2.75, 3.05) is 13.7 Å². The van der Waals surface area contributed by atoms with Crippen LogP contribution in [0.2, 0.25) is 0 Å². The second-order valence-corrected chi connectivity index (χ2v) is 9.59. The topological polar surface area (TPSA) is 107 Å². The van der Waals surface area contributed by atoms with Crippen molar-refractivity contribution in [2.24, 2.45) is 5.92 Å². The fourth-order valence-corrected chi connectivity index (χ4v) is 3.78. The zero-order valence-corrected chi connectivity index (χ0v) is 20.9. The number of carbonyl (C=O) groups excluding carboxylic acids is 2. The number of benzene rings is 1. The molecule has 186 valence electrons. The molecule has 1 aliphatic rings. The Hall–Kier alpha value is -3.62. The molecule has 0 unspecified atom stereocenters. The number of hydrogen-bond donors (Lipinski definition) is 2. The Kier molecular flexibility index (Phi) is 7.23. The molecule has 2 aromatic heterocycles. The Bertz CT molecular complexity index is 1230. The number of fused-ring (bicyclic) bond motifs is 1. The van der Waals surface area contributed by atoms with E-state index >= 15 is 0 Å². The predicted octanol–water partition coefficient (Wildman–Crippen LogP) is 4.40. The van der Waals surface area contributed by atoms with E-state index in [1.165, 1.54) is 7.11 Å². The Balaban J connectivity index is 1.48. The summed E-state index contributed by atoms with van der Waals surface area (Å²) < 4.78 is 13.0. The monoisotopic (exact) mass is 479 g/mol. The van der Waals surface area contributed by atoms with Crippen molar-refractivity contribution in [3.63, 3.8) is 0 Å². The van der Waals surface area contributed by atoms with Gasteiger partial charge >= 0.3 is 0 Å². The van der Waals surface area contributed by atoms with Crippen molar-refractivity contribution in [3.8, 4) is 11.5 Å². The van der Waals surface area contributed by atoms with Gasteiger partial charge in [-0.25, -0.2) is 9.67 Å². The molecule has 2 heterocycles. The lowest BCUT2D eigenvalue weighted by Crippen LogP contribution is -2.41. The lowest BCUT2D eigenvalue weighted by Gasteiger charge is -2.14. The van der Waals surface area contributed by atoms with E-state index in [1.54, 1.807) is 30.5 Å². The Labute approximate surface area is 205 Å². The van der Waals surface area contributed by atoms with Crippen molar-refractivity contribution in [2.45, 2.75) is 58.9 Å². The third-order valence-electron chi connectivity index (χ3n) is 5.98. The van der Waals surface area contributed by atoms with Crippen molar-refractivity contribution in [1.29, 1.82) is 0 Å². The van der Waals surface area contributed by atoms with Gasteiger partial charge in [0.25, 0.3) is 11.8 Å². The lowest BCUT2D eigenvalue weighted by molar-refractivity contribution is 0.0847. The van der Waals surface area contributed by atoms with Crippen molar-refractivity contribution in [1.82, 2.24) is 25.6 Å². The summed E-state index contributed by atoms with van der Waals surface area (Å²) in [6, 6.07) is 6.84. The first-order valence-corrected chi connectivity index (χ1v) is 12.1. The molecule has 9 heteroatoms. The number of carbonyl (C=O) groups is 2. The molecule has 3 aromatic rings. The fraction of sp³-hybridized carbons (Fsp3) is 0.462. The number of hydrazine groups is 1. The van der Waals surface area contributed by atoms with Crippen LogP contribution in [0.3, 0.4) is 0 Å². The van der Waals surface area contributed by atoms with Gasteiger partial charge in [-0.2, -0.15) is 5.10 Å². The molecule has 0 spiro atoms. The molecule has 1 saturated carbocycles. The van der Waals surface area contributed by atoms with Crippen LogP contribution >= 0.6 is 0 Å². The number of amides is 2. The highest BCUT2D eigenvalue weighted by molar-refractivity contribution is 6.06. The zero-order valence-electron chi connectivity index (χ0n) is 20.9. The lowest BCUT2D eigenvalue weighted by atomic mass is 10.1. The summed E-state index contributed by atoms with van der Waals surface area (Å²) in [6.45, 7) is 8.86. The number of aromatic nitrogens is 3. The van der Waals surface area contributed by atoms with Crippen LogP contribution in [-0.4, -0.2) is 40.3 Å². The summed E-state index contributed by atoms with van der Waals surface area (Å²) in [4.78, 5) is 30.6. The standard InChI is InChI=1S/C26H33N5O4/c1-15(2)10-11-35-22-9-8-18(12-23(22)34-5)25(32)29-30-26(33)19-13-21(17-6-7-17)28-24-20(19)14-27-31(24)16(3)4/h8-9,12-17H,6-7,10-11H2,1-5H3,(H,29,32)(H,30,33). The van der Waals surface area contributed by atoms with Gasteiger partial charge in [-0.15, -0.1) is 0 Å². The van der Waals surface area contributed by atoms with E-state index in [-0.39, 0.29) is 6.04 Å². The summed E-state index contributed by atoms with van der Waals surface area (Å²) in [5, 5.41) is 5.07. The Morgan fingerprint density at radius 2 is 1.83 bits per heavy atom. The molecule has 35 heavy (non-hydrogen) atoms. The number of nitrogens with zero attached hydrogens (tertiary/aromatic N) is 3. The highest BCUT2D eigenvalue weighted by Crippen LogP contribution is 2.40. The highest BCUT2D eigenvalue weighted by atomic mass is 16.5. The number of pyridine rings is 1. The van der Waals surface area contributed by atoms with Gasteiger partial charge in [0.1, 0.15) is 0 Å². The molecular formula is C26H33N5O4. The van der Waals surface area contributed by atoms with Crippen LogP contribution in [-0.2, 0) is 0 Å². The van der Waals surface area contributed by atoms with Crippen LogP contribution in [0, 0.1) is 5.92 Å². The van der Waals surface area contributed by atoms with E-state index in [2.05, 4.69) is 29.8 Å². The predicted molar refractivity (Wildman–Crippen MR) is 133 cm³/mol. The van der Waals surface area contributed by atoms with Gasteiger partial charge in [-0.3, -0.25) is 20.4 Å². The van der Waals surface area contributed by atoms with Gasteiger partial charge in [0.2, 0.25) is 0 Å². The van der Waals surface area contributed by atoms with Crippen molar-refractivity contribution >= 4 is 22.8 Å². The van der Waals surface area contributed by atoms with E-state index < -0.39 is 11.8 Å². The SMILES string of the molecule is COc1cc(C(=O)NNC(=O)c2cc(C3CC3)nc3c2cnn3C(C)C)ccc1OCCC(C)C. The first kappa shape index (κ1) is 24.5. The third-order valence-corrected chi connectivity index (χ3v) is 5.98. The molecule has 2 amide bonds. The quantitative estimate of drug-likeness (QED) is 0.441. The Morgan fingerprint density at radius 1 is 1.09 bits per heavy atom. The first-order chi connectivity index (χ1) is 16.8. The second kappa shape index (κ2) is 10.3. The van der Waals surface area contributed by atoms with Crippen molar-refractivity contribution in [3.05, 3.63) is 47.3 Å². The number of hydrogen-bond acceptors (Lipinski definition) is 6. The average molecular weight is 480 g/mol. The normalized spacial score (nSPS) is 13.3. The molecule has 1 aromatic carbocycles. The maximum atomic E-state index is 13.1. The van der Waals surface area contributed by atoms with Crippen LogP contribution in [0.5, 0.6) is 11.5 Å². The van der Waals surface area contributed by atoms with Gasteiger partial charge in [0.15, 0.2) is 17.1 Å². The summed E-state index contributed by atoms with van der Waals surface area (Å²) in [5.41, 5.74) is 7.38. The summed E-state index contributed by atoms with van der Waals surface area (Å²) >= 11 is 0. The zero-order chi connectivity index (χ0) is 25.1. The maximum Gasteiger partial charge on any atom is 0.270 e. The van der Waals surface area contributed by atoms with Crippen LogP contribution in [0.4, 0.5) is 0 Å². The smallest absolute Gasteiger partial charge is 0.270 e. The van der Waals surface area contributed by atoms with Crippen LogP contribution < -0.4 is 20.3 Å². The van der Waals surface area contributed by atoms with Crippen molar-refractivity contribution < 1.29 is 19.1 Å². The van der Waals surface area contributed by atoms with Gasteiger partial charge in [0, 0.05) is 23.2 Å². The van der Waals surface area contributed by atoms with E-state index in [0.29, 0.717) is 52.1 Å². The molecule has 1 fully saturated rings. The minimum absolute atomic E-state index is 0.109. The van der Waals surface area contributed by atoms with Gasteiger partial charge in [-0.1, -0.05) is 13.8 Å². The number of nitrogens with one attached hydrogen (secondary N) is 2. The molecule has 0 aliphatic heterocycles. The van der Waals surface area contributed by atoms with E-state index in [4.69, 9.17) is 14.5 Å². The first-order valence-electron chi connectivity index (χ1n) is 12.1. The van der Waals surface area contributed by atoms with Crippen LogP contribution in [0.1, 0.15) is 85.3 Å². The van der Waals surface area contributed by atoms with Crippen LogP contribution in [0.25, 0.3) is 11.0 Å². The largest absolute Gasteiger partial charge is 0.493 e. The maximum absolute atomic E-state index is 13.1. The highest BCUT2D eigenvalue weighted by Gasteiger charge is 2.28. The number of rotatable bonds is 9. The summed E-state index contributed by atoms with van der Waals surface area (Å²) in [7, 11) is 1.53. The average Bonchev–Trinajstić information content (AvgIpc) is 3.60. The Morgan fingerprint density at radius 3 is 2.49 bits per heavy atom. The molecule has 4 rings (SSSR count). The molecule has 1 aliphatic carbocycles. The molecule has 0 saturated heterocycles. The van der Waals surface area contributed by atoms with Gasteiger partial charge < -0.3 is 9.47 Å². The summed E-state index contributed by atoms with van der Waals surface area (Å²) in [6.07, 6.45) is 4.69. The minimum atomic E-state index is -0.462. The number of methoxy groups -OCH3 is 1. The van der Waals surface area contributed by atoms with E-state index in [9.17, 15) is 9.59 Å². The molecular weight excluding hydrogens is 446 g/mol. The van der Waals surface area contributed by atoms with E-state index in [1.807, 2.05) is 18.5 Å². The fourth-order valence-electron chi connectivity index (χ4n) is 3.78. The molecule has 9 nitrogen and oxygen atoms in total. The van der Waals surface area contributed by atoms with Gasteiger partial charge in [-0.05, 0) is 63.3 Å². The molecule has 0 bridgehead atoms. The van der Waals surface area contributed by atoms with Crippen LogP contribution in [0.15, 0.2) is 30.5 Å². The van der Waals surface area contributed by atoms with E-state index in [0.717, 1.165) is 25.0 Å². The minimum Gasteiger partial charge on any atom is -0.493 e. The molecule has 0 atom stereocenters.